The van der Waals surface area contributed by atoms with Crippen molar-refractivity contribution in [1.29, 1.82) is 0 Å². The molecule has 0 atom stereocenters. The molecule has 0 spiro atoms. The van der Waals surface area contributed by atoms with Gasteiger partial charge in [-0.2, -0.15) is 0 Å². The molecule has 3 aromatic rings. The fraction of sp³-hybridized carbons (Fsp3) is 0.167. The molecule has 0 unspecified atom stereocenters. The number of ether oxygens (including phenoxy) is 2. The van der Waals surface area contributed by atoms with Gasteiger partial charge in [-0.1, -0.05) is 29.5 Å². The molecule has 124 valence electrons. The van der Waals surface area contributed by atoms with Crippen LogP contribution in [0.5, 0.6) is 11.6 Å². The molecular weight excluding hydrogens is 322 g/mol. The lowest BCUT2D eigenvalue weighted by atomic mass is 10.2. The highest BCUT2D eigenvalue weighted by atomic mass is 32.2. The zero-order valence-corrected chi connectivity index (χ0v) is 14.6. The predicted molar refractivity (Wildman–Crippen MR) is 96.4 cm³/mol. The van der Waals surface area contributed by atoms with Crippen molar-refractivity contribution in [2.75, 3.05) is 20.0 Å². The van der Waals surface area contributed by atoms with E-state index in [0.717, 1.165) is 10.6 Å². The first kappa shape index (κ1) is 16.3. The summed E-state index contributed by atoms with van der Waals surface area (Å²) >= 11 is 1.68. The Kier molecular flexibility index (Phi) is 4.66. The monoisotopic (exact) mass is 341 g/mol. The lowest BCUT2D eigenvalue weighted by Gasteiger charge is -2.11. The van der Waals surface area contributed by atoms with E-state index in [1.165, 1.54) is 10.5 Å². The molecule has 0 radical (unpaired) electrons. The largest absolute Gasteiger partial charge is 0.494 e. The van der Waals surface area contributed by atoms with Gasteiger partial charge in [-0.25, -0.2) is 4.68 Å². The molecule has 2 aromatic carbocycles. The molecule has 0 saturated carbocycles. The van der Waals surface area contributed by atoms with E-state index in [1.807, 2.05) is 18.2 Å². The molecule has 6 heteroatoms. The van der Waals surface area contributed by atoms with E-state index in [1.54, 1.807) is 36.7 Å². The number of aryl methyl sites for hydroxylation is 1. The van der Waals surface area contributed by atoms with Crippen molar-refractivity contribution in [3.8, 4) is 17.3 Å². The molecule has 1 heterocycles. The minimum Gasteiger partial charge on any atom is -0.494 e. The van der Waals surface area contributed by atoms with E-state index in [9.17, 15) is 0 Å². The molecule has 0 aliphatic heterocycles. The van der Waals surface area contributed by atoms with E-state index in [0.29, 0.717) is 17.4 Å². The quantitative estimate of drug-likeness (QED) is 0.762. The minimum absolute atomic E-state index is 0.465. The standard InChI is InChI=1S/C18H19N3O2S/c1-12-4-6-13(7-5-12)24-14-8-9-15(16(10-14)22-2)21-17(19)11-18(20-21)23-3/h4-11H,19H2,1-3H3. The summed E-state index contributed by atoms with van der Waals surface area (Å²) < 4.78 is 12.3. The first-order valence-corrected chi connectivity index (χ1v) is 8.25. The van der Waals surface area contributed by atoms with Crippen molar-refractivity contribution in [1.82, 2.24) is 9.78 Å². The van der Waals surface area contributed by atoms with Gasteiger partial charge in [0.25, 0.3) is 0 Å². The van der Waals surface area contributed by atoms with Crippen LogP contribution in [0.2, 0.25) is 0 Å². The Morgan fingerprint density at radius 3 is 2.29 bits per heavy atom. The van der Waals surface area contributed by atoms with E-state index < -0.39 is 0 Å². The maximum atomic E-state index is 6.01. The van der Waals surface area contributed by atoms with Crippen molar-refractivity contribution in [2.24, 2.45) is 0 Å². The molecule has 24 heavy (non-hydrogen) atoms. The summed E-state index contributed by atoms with van der Waals surface area (Å²) in [5, 5.41) is 4.31. The third-order valence-corrected chi connectivity index (χ3v) is 4.56. The van der Waals surface area contributed by atoms with Crippen LogP contribution in [-0.2, 0) is 0 Å². The van der Waals surface area contributed by atoms with Gasteiger partial charge < -0.3 is 15.2 Å². The normalized spacial score (nSPS) is 10.6. The smallest absolute Gasteiger partial charge is 0.235 e. The van der Waals surface area contributed by atoms with Crippen LogP contribution in [-0.4, -0.2) is 24.0 Å². The number of methoxy groups -OCH3 is 2. The molecule has 0 amide bonds. The SMILES string of the molecule is COc1cc(N)n(-c2ccc(Sc3ccc(C)cc3)cc2OC)n1. The van der Waals surface area contributed by atoms with Crippen LogP contribution in [0.4, 0.5) is 5.82 Å². The Morgan fingerprint density at radius 1 is 0.958 bits per heavy atom. The van der Waals surface area contributed by atoms with Gasteiger partial charge in [-0.3, -0.25) is 0 Å². The van der Waals surface area contributed by atoms with Gasteiger partial charge in [-0.05, 0) is 37.3 Å². The zero-order valence-electron chi connectivity index (χ0n) is 13.8. The number of rotatable bonds is 5. The van der Waals surface area contributed by atoms with Gasteiger partial charge in [0.2, 0.25) is 5.88 Å². The average Bonchev–Trinajstić information content (AvgIpc) is 2.97. The second kappa shape index (κ2) is 6.88. The first-order valence-electron chi connectivity index (χ1n) is 7.43. The predicted octanol–water partition coefficient (Wildman–Crippen LogP) is 3.93. The third-order valence-electron chi connectivity index (χ3n) is 3.56. The number of benzene rings is 2. The fourth-order valence-corrected chi connectivity index (χ4v) is 3.15. The van der Waals surface area contributed by atoms with Crippen LogP contribution in [0.3, 0.4) is 0 Å². The highest BCUT2D eigenvalue weighted by Crippen LogP contribution is 2.34. The minimum atomic E-state index is 0.465. The maximum Gasteiger partial charge on any atom is 0.235 e. The van der Waals surface area contributed by atoms with Crippen LogP contribution in [0.1, 0.15) is 5.56 Å². The van der Waals surface area contributed by atoms with Gasteiger partial charge in [0.1, 0.15) is 17.3 Å². The van der Waals surface area contributed by atoms with Crippen LogP contribution in [0.15, 0.2) is 58.3 Å². The Labute approximate surface area is 145 Å². The Hall–Kier alpha value is -2.60. The second-order valence-electron chi connectivity index (χ2n) is 5.27. The van der Waals surface area contributed by atoms with Crippen LogP contribution < -0.4 is 15.2 Å². The van der Waals surface area contributed by atoms with E-state index in [4.69, 9.17) is 15.2 Å². The zero-order chi connectivity index (χ0) is 17.1. The number of nitrogens with zero attached hydrogens (tertiary/aromatic N) is 2. The maximum absolute atomic E-state index is 6.01. The number of aromatic nitrogens is 2. The molecule has 0 bridgehead atoms. The summed E-state index contributed by atoms with van der Waals surface area (Å²) in [6.07, 6.45) is 0. The van der Waals surface area contributed by atoms with E-state index in [-0.39, 0.29) is 0 Å². The summed E-state index contributed by atoms with van der Waals surface area (Å²) in [7, 11) is 3.20. The van der Waals surface area contributed by atoms with Crippen molar-refractivity contribution < 1.29 is 9.47 Å². The molecule has 0 saturated heterocycles. The van der Waals surface area contributed by atoms with E-state index >= 15 is 0 Å². The van der Waals surface area contributed by atoms with Gasteiger partial charge in [0.15, 0.2) is 0 Å². The van der Waals surface area contributed by atoms with Crippen LogP contribution in [0, 0.1) is 6.92 Å². The van der Waals surface area contributed by atoms with Crippen molar-refractivity contribution in [2.45, 2.75) is 16.7 Å². The van der Waals surface area contributed by atoms with Gasteiger partial charge >= 0.3 is 0 Å². The highest BCUT2D eigenvalue weighted by molar-refractivity contribution is 7.99. The fourth-order valence-electron chi connectivity index (χ4n) is 2.30. The van der Waals surface area contributed by atoms with Crippen LogP contribution >= 0.6 is 11.8 Å². The van der Waals surface area contributed by atoms with Crippen LogP contribution in [0.25, 0.3) is 5.69 Å². The lowest BCUT2D eigenvalue weighted by Crippen LogP contribution is -2.04. The number of nitrogen functional groups attached to an aromatic ring is 1. The summed E-state index contributed by atoms with van der Waals surface area (Å²) in [4.78, 5) is 2.26. The molecular formula is C18H19N3O2S. The number of hydrogen-bond acceptors (Lipinski definition) is 5. The number of nitrogens with two attached hydrogens (primary N) is 1. The Morgan fingerprint density at radius 2 is 1.67 bits per heavy atom. The Balaban J connectivity index is 1.92. The molecule has 2 N–H and O–H groups in total. The summed E-state index contributed by atoms with van der Waals surface area (Å²) in [5.41, 5.74) is 8.02. The topological polar surface area (TPSA) is 62.3 Å². The highest BCUT2D eigenvalue weighted by Gasteiger charge is 2.13. The van der Waals surface area contributed by atoms with Crippen molar-refractivity contribution >= 4 is 17.6 Å². The molecule has 0 aliphatic carbocycles. The molecule has 0 fully saturated rings. The summed E-state index contributed by atoms with van der Waals surface area (Å²) in [6.45, 7) is 2.08. The first-order chi connectivity index (χ1) is 11.6. The van der Waals surface area contributed by atoms with Crippen molar-refractivity contribution in [3.05, 3.63) is 54.1 Å². The molecule has 5 nitrogen and oxygen atoms in total. The second-order valence-corrected chi connectivity index (χ2v) is 6.42. The number of hydrogen-bond donors (Lipinski definition) is 1. The average molecular weight is 341 g/mol. The van der Waals surface area contributed by atoms with Gasteiger partial charge in [-0.15, -0.1) is 5.10 Å². The van der Waals surface area contributed by atoms with Gasteiger partial charge in [0.05, 0.1) is 14.2 Å². The Bertz CT molecular complexity index is 844. The molecule has 0 aliphatic rings. The summed E-state index contributed by atoms with van der Waals surface area (Å²) in [6, 6.07) is 16.0. The van der Waals surface area contributed by atoms with Crippen molar-refractivity contribution in [3.63, 3.8) is 0 Å². The molecule has 1 aromatic heterocycles. The van der Waals surface area contributed by atoms with E-state index in [2.05, 4.69) is 36.3 Å². The number of anilines is 1. The lowest BCUT2D eigenvalue weighted by molar-refractivity contribution is 0.391. The molecule has 3 rings (SSSR count). The summed E-state index contributed by atoms with van der Waals surface area (Å²) in [5.74, 6) is 1.65. The van der Waals surface area contributed by atoms with Gasteiger partial charge in [0, 0.05) is 15.9 Å². The third kappa shape index (κ3) is 3.33.